The highest BCUT2D eigenvalue weighted by Crippen LogP contribution is 2.20. The third kappa shape index (κ3) is 7.21. The highest BCUT2D eigenvalue weighted by Gasteiger charge is 2.24. The van der Waals surface area contributed by atoms with Gasteiger partial charge in [0.05, 0.1) is 0 Å². The maximum absolute atomic E-state index is 11.5. The van der Waals surface area contributed by atoms with Crippen molar-refractivity contribution >= 4 is 25.4 Å². The van der Waals surface area contributed by atoms with Crippen LogP contribution in [0.3, 0.4) is 0 Å². The average Bonchev–Trinajstić information content (AvgIpc) is 2.15. The molecule has 0 spiro atoms. The van der Waals surface area contributed by atoms with Gasteiger partial charge in [-0.15, -0.1) is 0 Å². The van der Waals surface area contributed by atoms with Crippen molar-refractivity contribution in [1.82, 2.24) is 0 Å². The van der Waals surface area contributed by atoms with Crippen molar-refractivity contribution < 1.29 is 13.2 Å². The average molecular weight is 268 g/mol. The summed E-state index contributed by atoms with van der Waals surface area (Å²) in [5.41, 5.74) is 10.7. The Balaban J connectivity index is 4.00. The van der Waals surface area contributed by atoms with E-state index in [1.807, 2.05) is 6.92 Å². The van der Waals surface area contributed by atoms with Crippen LogP contribution < -0.4 is 11.5 Å². The van der Waals surface area contributed by atoms with Crippen LogP contribution in [0.4, 0.5) is 0 Å². The molecule has 0 fully saturated rings. The molecule has 0 aliphatic rings. The summed E-state index contributed by atoms with van der Waals surface area (Å²) >= 11 is 0. The highest BCUT2D eigenvalue weighted by molar-refractivity contribution is 8.71. The largest absolute Gasteiger partial charge is 0.330 e. The Morgan fingerprint density at radius 1 is 1.31 bits per heavy atom. The third-order valence-electron chi connectivity index (χ3n) is 2.29. The molecule has 0 bridgehead atoms. The summed E-state index contributed by atoms with van der Waals surface area (Å²) in [5.74, 6) is 0.303. The Kier molecular flexibility index (Phi) is 6.54. The fourth-order valence-electron chi connectivity index (χ4n) is 1.10. The van der Waals surface area contributed by atoms with Crippen molar-refractivity contribution in [3.05, 3.63) is 0 Å². The van der Waals surface area contributed by atoms with Crippen molar-refractivity contribution in [1.29, 1.82) is 0 Å². The van der Waals surface area contributed by atoms with E-state index >= 15 is 0 Å². The Morgan fingerprint density at radius 3 is 2.19 bits per heavy atom. The van der Waals surface area contributed by atoms with Gasteiger partial charge in [0, 0.05) is 24.9 Å². The van der Waals surface area contributed by atoms with E-state index in [0.29, 0.717) is 25.3 Å². The third-order valence-corrected chi connectivity index (χ3v) is 4.87. The molecular weight excluding hydrogens is 248 g/mol. The molecule has 0 amide bonds. The predicted molar refractivity (Wildman–Crippen MR) is 67.8 cm³/mol. The number of carbonyl (C=O) groups excluding carboxylic acids is 1. The van der Waals surface area contributed by atoms with Crippen LogP contribution in [0.1, 0.15) is 19.8 Å². The second-order valence-corrected chi connectivity index (χ2v) is 8.79. The van der Waals surface area contributed by atoms with Crippen molar-refractivity contribution in [3.8, 4) is 0 Å². The first-order valence-corrected chi connectivity index (χ1v) is 8.38. The minimum absolute atomic E-state index is 0.00884. The first-order valence-electron chi connectivity index (χ1n) is 4.99. The molecule has 0 rings (SSSR count). The Hall–Kier alpha value is -0.110. The molecule has 0 unspecified atom stereocenters. The fourth-order valence-corrected chi connectivity index (χ4v) is 2.87. The van der Waals surface area contributed by atoms with Crippen LogP contribution in [-0.4, -0.2) is 39.3 Å². The summed E-state index contributed by atoms with van der Waals surface area (Å²) in [6.07, 6.45) is 1.68. The molecule has 0 heterocycles. The number of rotatable bonds is 8. The number of Topliss-reactive ketones (excluding diaryl/α,β-unsaturated/α-hetero) is 1. The van der Waals surface area contributed by atoms with Gasteiger partial charge in [-0.1, -0.05) is 6.92 Å². The molecule has 5 nitrogen and oxygen atoms in total. The van der Waals surface area contributed by atoms with Crippen LogP contribution in [0.15, 0.2) is 0 Å². The van der Waals surface area contributed by atoms with Gasteiger partial charge in [-0.05, 0) is 29.3 Å². The highest BCUT2D eigenvalue weighted by atomic mass is 33.1. The molecule has 0 aliphatic heterocycles. The Labute approximate surface area is 101 Å². The van der Waals surface area contributed by atoms with Crippen LogP contribution in [0, 0.1) is 5.41 Å². The van der Waals surface area contributed by atoms with E-state index in [1.54, 1.807) is 0 Å². The van der Waals surface area contributed by atoms with Crippen LogP contribution in [0.25, 0.3) is 0 Å². The molecule has 0 saturated heterocycles. The lowest BCUT2D eigenvalue weighted by Gasteiger charge is -2.24. The van der Waals surface area contributed by atoms with E-state index in [4.69, 9.17) is 11.5 Å². The molecule has 0 radical (unpaired) electrons. The van der Waals surface area contributed by atoms with Gasteiger partial charge in [0.15, 0.2) is 8.87 Å². The smallest absolute Gasteiger partial charge is 0.198 e. The van der Waals surface area contributed by atoms with Gasteiger partial charge >= 0.3 is 0 Å². The van der Waals surface area contributed by atoms with Crippen LogP contribution in [0.2, 0.25) is 0 Å². The number of carbonyl (C=O) groups is 1. The van der Waals surface area contributed by atoms with Crippen molar-refractivity contribution in [2.75, 3.05) is 25.1 Å². The molecule has 4 N–H and O–H groups in total. The van der Waals surface area contributed by atoms with E-state index < -0.39 is 8.87 Å². The maximum Gasteiger partial charge on any atom is 0.198 e. The molecule has 0 aromatic rings. The maximum atomic E-state index is 11.5. The summed E-state index contributed by atoms with van der Waals surface area (Å²) in [7, 11) is -2.27. The topological polar surface area (TPSA) is 103 Å². The molecule has 0 atom stereocenters. The number of hydrogen-bond acceptors (Lipinski definition) is 6. The lowest BCUT2D eigenvalue weighted by atomic mass is 9.85. The molecule has 0 aliphatic carbocycles. The number of ketones is 1. The lowest BCUT2D eigenvalue weighted by molar-refractivity contribution is -0.120. The zero-order chi connectivity index (χ0) is 12.8. The summed E-state index contributed by atoms with van der Waals surface area (Å²) in [4.78, 5) is 11.5. The second kappa shape index (κ2) is 6.58. The molecule has 96 valence electrons. The number of nitrogens with two attached hydrogens (primary N) is 2. The van der Waals surface area contributed by atoms with Gasteiger partial charge in [0.1, 0.15) is 5.78 Å². The quantitative estimate of drug-likeness (QED) is 0.598. The molecule has 0 saturated carbocycles. The zero-order valence-corrected chi connectivity index (χ0v) is 11.4. The van der Waals surface area contributed by atoms with Gasteiger partial charge in [-0.2, -0.15) is 0 Å². The summed E-state index contributed by atoms with van der Waals surface area (Å²) in [6.45, 7) is 2.57. The van der Waals surface area contributed by atoms with Crippen molar-refractivity contribution in [2.24, 2.45) is 16.9 Å². The monoisotopic (exact) mass is 268 g/mol. The van der Waals surface area contributed by atoms with Gasteiger partial charge in [-0.3, -0.25) is 4.79 Å². The minimum atomic E-state index is -3.06. The Morgan fingerprint density at radius 2 is 1.81 bits per heavy atom. The van der Waals surface area contributed by atoms with E-state index in [0.717, 1.165) is 17.0 Å². The van der Waals surface area contributed by atoms with E-state index in [-0.39, 0.29) is 17.6 Å². The predicted octanol–water partition coefficient (Wildman–Crippen LogP) is -0.0478. The standard InChI is InChI=1S/C9H20N2O3S2/c1-9(6-10,7-11)5-8(12)3-4-15-16(2,13)14/h3-7,10-11H2,1-2H3. The van der Waals surface area contributed by atoms with Crippen molar-refractivity contribution in [3.63, 3.8) is 0 Å². The lowest BCUT2D eigenvalue weighted by Crippen LogP contribution is -2.37. The van der Waals surface area contributed by atoms with E-state index in [9.17, 15) is 13.2 Å². The normalized spacial score (nSPS) is 12.8. The Bertz CT molecular complexity index is 324. The summed E-state index contributed by atoms with van der Waals surface area (Å²) in [6, 6.07) is 0. The number of hydrogen-bond donors (Lipinski definition) is 2. The van der Waals surface area contributed by atoms with E-state index in [1.165, 1.54) is 0 Å². The first-order chi connectivity index (χ1) is 7.22. The van der Waals surface area contributed by atoms with Gasteiger partial charge < -0.3 is 11.5 Å². The van der Waals surface area contributed by atoms with Crippen LogP contribution in [0.5, 0.6) is 0 Å². The van der Waals surface area contributed by atoms with Crippen LogP contribution in [-0.2, 0) is 13.7 Å². The fraction of sp³-hybridized carbons (Fsp3) is 0.889. The van der Waals surface area contributed by atoms with Gasteiger partial charge in [-0.25, -0.2) is 8.42 Å². The van der Waals surface area contributed by atoms with Gasteiger partial charge in [0.2, 0.25) is 0 Å². The molecule has 16 heavy (non-hydrogen) atoms. The zero-order valence-electron chi connectivity index (χ0n) is 9.73. The summed E-state index contributed by atoms with van der Waals surface area (Å²) in [5, 5.41) is 0. The van der Waals surface area contributed by atoms with Gasteiger partial charge in [0.25, 0.3) is 0 Å². The molecular formula is C9H20N2O3S2. The second-order valence-electron chi connectivity index (χ2n) is 4.21. The van der Waals surface area contributed by atoms with Crippen molar-refractivity contribution in [2.45, 2.75) is 19.8 Å². The summed E-state index contributed by atoms with van der Waals surface area (Å²) < 4.78 is 21.6. The minimum Gasteiger partial charge on any atom is -0.330 e. The first kappa shape index (κ1) is 15.9. The van der Waals surface area contributed by atoms with Crippen LogP contribution >= 0.6 is 10.8 Å². The molecule has 0 aromatic carbocycles. The molecule has 7 heteroatoms. The molecule has 0 aromatic heterocycles. The van der Waals surface area contributed by atoms with E-state index in [2.05, 4.69) is 0 Å². The SMILES string of the molecule is CC(CN)(CN)CC(=O)CCSS(C)(=O)=O.